The number of rotatable bonds is 3. The number of fused-ring (bicyclic) bond motifs is 1. The lowest BCUT2D eigenvalue weighted by molar-refractivity contribution is 0.0179. The van der Waals surface area contributed by atoms with Crippen LogP contribution in [0.25, 0.3) is 10.6 Å². The molecule has 0 aromatic carbocycles. The van der Waals surface area contributed by atoms with Gasteiger partial charge >= 0.3 is 0 Å². The summed E-state index contributed by atoms with van der Waals surface area (Å²) in [6.45, 7) is 8.34. The second kappa shape index (κ2) is 6.12. The summed E-state index contributed by atoms with van der Waals surface area (Å²) in [7, 11) is 2.24. The van der Waals surface area contributed by atoms with Gasteiger partial charge in [0.2, 0.25) is 0 Å². The van der Waals surface area contributed by atoms with Gasteiger partial charge in [-0.3, -0.25) is 14.9 Å². The van der Waals surface area contributed by atoms with Gasteiger partial charge in [-0.2, -0.15) is 5.10 Å². The number of nitrogens with one attached hydrogen (secondary N) is 1. The molecule has 0 saturated carbocycles. The standard InChI is InChI=1S/C16H23N5S/c1-19-6-8-21-9-7-20(11-13(21)10-19)12-14-2-3-16(22-14)15-4-5-17-18-15/h2-5,13H,6-12H2,1H3,(H,17,18)/t13-/m1/s1. The van der Waals surface area contributed by atoms with E-state index in [2.05, 4.69) is 44.1 Å². The van der Waals surface area contributed by atoms with Gasteiger partial charge in [0, 0.05) is 62.9 Å². The van der Waals surface area contributed by atoms with Crippen molar-refractivity contribution in [2.75, 3.05) is 46.3 Å². The van der Waals surface area contributed by atoms with E-state index in [9.17, 15) is 0 Å². The minimum atomic E-state index is 0.708. The fraction of sp³-hybridized carbons (Fsp3) is 0.562. The van der Waals surface area contributed by atoms with E-state index in [1.165, 1.54) is 49.0 Å². The highest BCUT2D eigenvalue weighted by Crippen LogP contribution is 2.27. The van der Waals surface area contributed by atoms with Gasteiger partial charge in [-0.05, 0) is 25.2 Å². The van der Waals surface area contributed by atoms with Crippen molar-refractivity contribution in [2.45, 2.75) is 12.6 Å². The van der Waals surface area contributed by atoms with E-state index in [1.807, 2.05) is 23.6 Å². The summed E-state index contributed by atoms with van der Waals surface area (Å²) in [6.07, 6.45) is 1.81. The highest BCUT2D eigenvalue weighted by atomic mass is 32.1. The minimum absolute atomic E-state index is 0.708. The monoisotopic (exact) mass is 317 g/mol. The molecule has 2 aliphatic rings. The molecule has 2 saturated heterocycles. The molecule has 4 rings (SSSR count). The molecule has 22 heavy (non-hydrogen) atoms. The topological polar surface area (TPSA) is 38.4 Å². The Labute approximate surface area is 135 Å². The maximum atomic E-state index is 4.04. The molecule has 1 N–H and O–H groups in total. The van der Waals surface area contributed by atoms with E-state index in [1.54, 1.807) is 0 Å². The van der Waals surface area contributed by atoms with Crippen LogP contribution in [-0.4, -0.2) is 77.3 Å². The van der Waals surface area contributed by atoms with Crippen molar-refractivity contribution in [1.29, 1.82) is 0 Å². The maximum absolute atomic E-state index is 4.04. The summed E-state index contributed by atoms with van der Waals surface area (Å²) in [5, 5.41) is 7.08. The Hall–Kier alpha value is -1.21. The van der Waals surface area contributed by atoms with E-state index in [4.69, 9.17) is 0 Å². The Balaban J connectivity index is 1.39. The van der Waals surface area contributed by atoms with Gasteiger partial charge in [0.25, 0.3) is 0 Å². The summed E-state index contributed by atoms with van der Waals surface area (Å²) in [5.74, 6) is 0. The molecule has 2 aromatic rings. The number of piperazine rings is 2. The first-order chi connectivity index (χ1) is 10.8. The van der Waals surface area contributed by atoms with Gasteiger partial charge in [-0.25, -0.2) is 0 Å². The molecule has 0 spiro atoms. The molecule has 5 nitrogen and oxygen atoms in total. The molecule has 4 heterocycles. The molecule has 2 aromatic heterocycles. The van der Waals surface area contributed by atoms with Crippen LogP contribution >= 0.6 is 11.3 Å². The number of nitrogens with zero attached hydrogens (tertiary/aromatic N) is 4. The Bertz CT molecular complexity index is 608. The Morgan fingerprint density at radius 1 is 1.18 bits per heavy atom. The number of aromatic amines is 1. The van der Waals surface area contributed by atoms with E-state index < -0.39 is 0 Å². The summed E-state index contributed by atoms with van der Waals surface area (Å²) in [6, 6.07) is 7.21. The summed E-state index contributed by atoms with van der Waals surface area (Å²) >= 11 is 1.88. The predicted octanol–water partition coefficient (Wildman–Crippen LogP) is 1.57. The van der Waals surface area contributed by atoms with Gasteiger partial charge in [0.15, 0.2) is 0 Å². The fourth-order valence-corrected chi connectivity index (χ4v) is 4.57. The van der Waals surface area contributed by atoms with Gasteiger partial charge < -0.3 is 4.90 Å². The van der Waals surface area contributed by atoms with Crippen LogP contribution in [0.5, 0.6) is 0 Å². The number of thiophene rings is 1. The van der Waals surface area contributed by atoms with E-state index in [-0.39, 0.29) is 0 Å². The highest BCUT2D eigenvalue weighted by molar-refractivity contribution is 7.15. The molecule has 0 radical (unpaired) electrons. The molecule has 6 heteroatoms. The van der Waals surface area contributed by atoms with Crippen molar-refractivity contribution < 1.29 is 0 Å². The van der Waals surface area contributed by atoms with Crippen LogP contribution in [0.15, 0.2) is 24.4 Å². The van der Waals surface area contributed by atoms with Crippen LogP contribution in [0.2, 0.25) is 0 Å². The molecule has 2 aliphatic heterocycles. The third kappa shape index (κ3) is 2.96. The van der Waals surface area contributed by atoms with E-state index in [0.29, 0.717) is 6.04 Å². The smallest absolute Gasteiger partial charge is 0.0749 e. The summed E-state index contributed by atoms with van der Waals surface area (Å²) in [4.78, 5) is 10.5. The molecular formula is C16H23N5S. The zero-order chi connectivity index (χ0) is 14.9. The number of aromatic nitrogens is 2. The molecule has 2 fully saturated rings. The highest BCUT2D eigenvalue weighted by Gasteiger charge is 2.30. The molecule has 0 amide bonds. The third-order valence-corrected chi connectivity index (χ3v) is 5.89. The lowest BCUT2D eigenvalue weighted by atomic mass is 10.1. The lowest BCUT2D eigenvalue weighted by Gasteiger charge is -2.46. The van der Waals surface area contributed by atoms with Crippen molar-refractivity contribution in [3.8, 4) is 10.6 Å². The van der Waals surface area contributed by atoms with Crippen molar-refractivity contribution in [3.05, 3.63) is 29.3 Å². The normalized spacial score (nSPS) is 24.5. The molecule has 0 unspecified atom stereocenters. The number of hydrogen-bond donors (Lipinski definition) is 1. The Kier molecular flexibility index (Phi) is 4.00. The maximum Gasteiger partial charge on any atom is 0.0749 e. The van der Waals surface area contributed by atoms with Crippen LogP contribution in [-0.2, 0) is 6.54 Å². The second-order valence-electron chi connectivity index (χ2n) is 6.42. The quantitative estimate of drug-likeness (QED) is 0.933. The van der Waals surface area contributed by atoms with Crippen LogP contribution in [0.3, 0.4) is 0 Å². The van der Waals surface area contributed by atoms with Crippen LogP contribution in [0.4, 0.5) is 0 Å². The molecule has 118 valence electrons. The summed E-state index contributed by atoms with van der Waals surface area (Å²) in [5.41, 5.74) is 1.12. The fourth-order valence-electron chi connectivity index (χ4n) is 3.54. The zero-order valence-electron chi connectivity index (χ0n) is 13.0. The average Bonchev–Trinajstić information content (AvgIpc) is 3.17. The van der Waals surface area contributed by atoms with Crippen LogP contribution in [0.1, 0.15) is 4.88 Å². The first-order valence-electron chi connectivity index (χ1n) is 8.01. The van der Waals surface area contributed by atoms with Crippen molar-refractivity contribution in [2.24, 2.45) is 0 Å². The Morgan fingerprint density at radius 3 is 2.95 bits per heavy atom. The third-order valence-electron chi connectivity index (χ3n) is 4.79. The minimum Gasteiger partial charge on any atom is -0.303 e. The van der Waals surface area contributed by atoms with Gasteiger partial charge in [-0.15, -0.1) is 11.3 Å². The van der Waals surface area contributed by atoms with E-state index in [0.717, 1.165) is 12.2 Å². The molecule has 0 aliphatic carbocycles. The average molecular weight is 317 g/mol. The number of hydrogen-bond acceptors (Lipinski definition) is 5. The number of H-pyrrole nitrogens is 1. The second-order valence-corrected chi connectivity index (χ2v) is 7.59. The van der Waals surface area contributed by atoms with Gasteiger partial charge in [0.1, 0.15) is 0 Å². The Morgan fingerprint density at radius 2 is 2.09 bits per heavy atom. The van der Waals surface area contributed by atoms with Gasteiger partial charge in [0.05, 0.1) is 10.6 Å². The first kappa shape index (κ1) is 14.4. The van der Waals surface area contributed by atoms with E-state index >= 15 is 0 Å². The SMILES string of the molecule is CN1CCN2CCN(Cc3ccc(-c4ccn[nH]4)s3)C[C@H]2C1. The van der Waals surface area contributed by atoms with Crippen molar-refractivity contribution in [3.63, 3.8) is 0 Å². The summed E-state index contributed by atoms with van der Waals surface area (Å²) < 4.78 is 0. The van der Waals surface area contributed by atoms with Gasteiger partial charge in [-0.1, -0.05) is 0 Å². The first-order valence-corrected chi connectivity index (χ1v) is 8.83. The molecule has 1 atom stereocenters. The largest absolute Gasteiger partial charge is 0.303 e. The predicted molar refractivity (Wildman–Crippen MR) is 90.0 cm³/mol. The lowest BCUT2D eigenvalue weighted by Crippen LogP contribution is -2.60. The van der Waals surface area contributed by atoms with Crippen molar-refractivity contribution >= 4 is 11.3 Å². The molecular weight excluding hydrogens is 294 g/mol. The van der Waals surface area contributed by atoms with Crippen LogP contribution < -0.4 is 0 Å². The zero-order valence-corrected chi connectivity index (χ0v) is 13.9. The van der Waals surface area contributed by atoms with Crippen LogP contribution in [0, 0.1) is 0 Å². The number of likely N-dealkylation sites (N-methyl/N-ethyl adjacent to an activating group) is 1. The van der Waals surface area contributed by atoms with Crippen molar-refractivity contribution in [1.82, 2.24) is 24.9 Å². The molecule has 0 bridgehead atoms.